The van der Waals surface area contributed by atoms with Gasteiger partial charge in [0.15, 0.2) is 0 Å². The summed E-state index contributed by atoms with van der Waals surface area (Å²) in [4.78, 5) is 32.6. The van der Waals surface area contributed by atoms with E-state index < -0.39 is 0 Å². The monoisotopic (exact) mass is 342 g/mol. The number of hydrogen-bond donors (Lipinski definition) is 2. The van der Waals surface area contributed by atoms with Crippen molar-refractivity contribution in [3.05, 3.63) is 40.1 Å². The molecule has 0 bridgehead atoms. The number of nitrogens with zero attached hydrogens (tertiary/aromatic N) is 5. The van der Waals surface area contributed by atoms with E-state index in [1.54, 1.807) is 18.3 Å². The first-order chi connectivity index (χ1) is 12.2. The van der Waals surface area contributed by atoms with E-state index in [0.717, 1.165) is 51.1 Å². The molecule has 0 radical (unpaired) electrons. The fourth-order valence-electron chi connectivity index (χ4n) is 3.56. The number of hydrogen-bond acceptors (Lipinski definition) is 7. The molecule has 1 atom stereocenters. The number of H-pyrrole nitrogens is 1. The lowest BCUT2D eigenvalue weighted by Crippen LogP contribution is -2.26. The molecule has 2 fully saturated rings. The van der Waals surface area contributed by atoms with Crippen molar-refractivity contribution in [2.24, 2.45) is 0 Å². The average Bonchev–Trinajstić information content (AvgIpc) is 3.33. The Hall–Kier alpha value is -2.48. The SMILES string of the molecule is O=c1cc(C2CCN(c3nccc(CO)n3)C2)nc(N2CCCC2)[nH]1. The Balaban J connectivity index is 1.54. The zero-order valence-electron chi connectivity index (χ0n) is 14.1. The summed E-state index contributed by atoms with van der Waals surface area (Å²) in [6.45, 7) is 3.34. The van der Waals surface area contributed by atoms with Crippen molar-refractivity contribution < 1.29 is 5.11 Å². The van der Waals surface area contributed by atoms with E-state index in [4.69, 9.17) is 4.98 Å². The van der Waals surface area contributed by atoms with Crippen LogP contribution in [0.5, 0.6) is 0 Å². The number of aliphatic hydroxyl groups excluding tert-OH is 1. The molecule has 4 heterocycles. The highest BCUT2D eigenvalue weighted by Crippen LogP contribution is 2.28. The first-order valence-corrected chi connectivity index (χ1v) is 8.77. The fourth-order valence-corrected chi connectivity index (χ4v) is 3.56. The molecule has 132 valence electrons. The zero-order valence-corrected chi connectivity index (χ0v) is 14.1. The van der Waals surface area contributed by atoms with Gasteiger partial charge in [0.2, 0.25) is 11.9 Å². The van der Waals surface area contributed by atoms with Crippen molar-refractivity contribution in [2.45, 2.75) is 31.8 Å². The molecule has 8 nitrogen and oxygen atoms in total. The molecule has 0 amide bonds. The van der Waals surface area contributed by atoms with Crippen LogP contribution >= 0.6 is 0 Å². The molecule has 4 rings (SSSR count). The molecule has 1 unspecified atom stereocenters. The molecule has 25 heavy (non-hydrogen) atoms. The fraction of sp³-hybridized carbons (Fsp3) is 0.529. The third kappa shape index (κ3) is 3.34. The van der Waals surface area contributed by atoms with Gasteiger partial charge in [0.1, 0.15) is 0 Å². The lowest BCUT2D eigenvalue weighted by molar-refractivity contribution is 0.276. The first kappa shape index (κ1) is 16.0. The van der Waals surface area contributed by atoms with Gasteiger partial charge in [-0.05, 0) is 25.3 Å². The van der Waals surface area contributed by atoms with Gasteiger partial charge in [0.25, 0.3) is 5.56 Å². The van der Waals surface area contributed by atoms with Crippen molar-refractivity contribution >= 4 is 11.9 Å². The summed E-state index contributed by atoms with van der Waals surface area (Å²) in [5, 5.41) is 9.24. The molecule has 2 aromatic rings. The number of aromatic amines is 1. The summed E-state index contributed by atoms with van der Waals surface area (Å²) in [6, 6.07) is 3.32. The maximum absolute atomic E-state index is 12.1. The lowest BCUT2D eigenvalue weighted by atomic mass is 10.1. The van der Waals surface area contributed by atoms with Crippen LogP contribution in [0.1, 0.15) is 36.6 Å². The van der Waals surface area contributed by atoms with Crippen LogP contribution in [0.3, 0.4) is 0 Å². The molecule has 0 aromatic carbocycles. The van der Waals surface area contributed by atoms with Gasteiger partial charge in [-0.15, -0.1) is 0 Å². The molecule has 2 saturated heterocycles. The predicted octanol–water partition coefficient (Wildman–Crippen LogP) is 0.646. The van der Waals surface area contributed by atoms with Gasteiger partial charge in [-0.1, -0.05) is 0 Å². The minimum Gasteiger partial charge on any atom is -0.390 e. The highest BCUT2D eigenvalue weighted by molar-refractivity contribution is 5.36. The number of anilines is 2. The standard InChI is InChI=1S/C17H22N6O2/c24-11-13-3-5-18-16(19-13)23-8-4-12(10-23)14-9-15(25)21-17(20-14)22-6-1-2-7-22/h3,5,9,12,24H,1-2,4,6-8,10-11H2,(H,20,21,25). The van der Waals surface area contributed by atoms with Crippen LogP contribution in [0, 0.1) is 0 Å². The summed E-state index contributed by atoms with van der Waals surface area (Å²) in [5.41, 5.74) is 1.36. The highest BCUT2D eigenvalue weighted by Gasteiger charge is 2.28. The van der Waals surface area contributed by atoms with Crippen LogP contribution < -0.4 is 15.4 Å². The van der Waals surface area contributed by atoms with Crippen molar-refractivity contribution in [2.75, 3.05) is 36.0 Å². The topological polar surface area (TPSA) is 98.2 Å². The third-order valence-electron chi connectivity index (χ3n) is 4.91. The van der Waals surface area contributed by atoms with Gasteiger partial charge in [-0.2, -0.15) is 0 Å². The quantitative estimate of drug-likeness (QED) is 0.841. The summed E-state index contributed by atoms with van der Waals surface area (Å²) < 4.78 is 0. The molecule has 2 aliphatic heterocycles. The van der Waals surface area contributed by atoms with Crippen LogP contribution in [0.2, 0.25) is 0 Å². The van der Waals surface area contributed by atoms with Crippen LogP contribution in [0.4, 0.5) is 11.9 Å². The van der Waals surface area contributed by atoms with Crippen molar-refractivity contribution in [1.29, 1.82) is 0 Å². The minimum atomic E-state index is -0.0956. The Morgan fingerprint density at radius 2 is 2.04 bits per heavy atom. The number of aliphatic hydroxyl groups is 1. The van der Waals surface area contributed by atoms with E-state index in [-0.39, 0.29) is 18.1 Å². The molecular formula is C17H22N6O2. The third-order valence-corrected chi connectivity index (χ3v) is 4.91. The smallest absolute Gasteiger partial charge is 0.252 e. The summed E-state index contributed by atoms with van der Waals surface area (Å²) in [7, 11) is 0. The first-order valence-electron chi connectivity index (χ1n) is 8.77. The van der Waals surface area contributed by atoms with Crippen LogP contribution in [-0.4, -0.2) is 51.2 Å². The molecule has 2 N–H and O–H groups in total. The molecule has 2 aromatic heterocycles. The summed E-state index contributed by atoms with van der Waals surface area (Å²) in [5.74, 6) is 1.50. The molecular weight excluding hydrogens is 320 g/mol. The van der Waals surface area contributed by atoms with Crippen LogP contribution in [0.15, 0.2) is 23.1 Å². The van der Waals surface area contributed by atoms with Gasteiger partial charge in [-0.3, -0.25) is 9.78 Å². The van der Waals surface area contributed by atoms with Crippen LogP contribution in [0.25, 0.3) is 0 Å². The van der Waals surface area contributed by atoms with E-state index in [2.05, 4.69) is 24.8 Å². The zero-order chi connectivity index (χ0) is 17.2. The van der Waals surface area contributed by atoms with E-state index in [0.29, 0.717) is 17.6 Å². The normalized spacial score (nSPS) is 20.4. The molecule has 0 saturated carbocycles. The predicted molar refractivity (Wildman–Crippen MR) is 93.8 cm³/mol. The Labute approximate surface area is 145 Å². The van der Waals surface area contributed by atoms with E-state index in [1.165, 1.54) is 0 Å². The van der Waals surface area contributed by atoms with Crippen molar-refractivity contribution in [3.63, 3.8) is 0 Å². The van der Waals surface area contributed by atoms with Gasteiger partial charge >= 0.3 is 0 Å². The Bertz CT molecular complexity index is 802. The Kier molecular flexibility index (Phi) is 4.35. The van der Waals surface area contributed by atoms with Gasteiger partial charge in [0.05, 0.1) is 18.0 Å². The Morgan fingerprint density at radius 3 is 2.84 bits per heavy atom. The van der Waals surface area contributed by atoms with Gasteiger partial charge in [0, 0.05) is 44.4 Å². The molecule has 0 spiro atoms. The molecule has 2 aliphatic rings. The van der Waals surface area contributed by atoms with Crippen molar-refractivity contribution in [3.8, 4) is 0 Å². The van der Waals surface area contributed by atoms with E-state index in [9.17, 15) is 9.90 Å². The average molecular weight is 342 g/mol. The van der Waals surface area contributed by atoms with E-state index in [1.807, 2.05) is 0 Å². The Morgan fingerprint density at radius 1 is 1.20 bits per heavy atom. The lowest BCUT2D eigenvalue weighted by Gasteiger charge is -2.19. The number of aromatic nitrogens is 4. The second-order valence-corrected chi connectivity index (χ2v) is 6.63. The second kappa shape index (κ2) is 6.79. The summed E-state index contributed by atoms with van der Waals surface area (Å²) >= 11 is 0. The largest absolute Gasteiger partial charge is 0.390 e. The molecule has 0 aliphatic carbocycles. The van der Waals surface area contributed by atoms with Crippen LogP contribution in [-0.2, 0) is 6.61 Å². The molecule has 8 heteroatoms. The summed E-state index contributed by atoms with van der Waals surface area (Å²) in [6.07, 6.45) is 4.86. The second-order valence-electron chi connectivity index (χ2n) is 6.63. The number of nitrogens with one attached hydrogen (secondary N) is 1. The van der Waals surface area contributed by atoms with Crippen molar-refractivity contribution in [1.82, 2.24) is 19.9 Å². The minimum absolute atomic E-state index is 0.0936. The highest BCUT2D eigenvalue weighted by atomic mass is 16.3. The van der Waals surface area contributed by atoms with Gasteiger partial charge < -0.3 is 14.9 Å². The van der Waals surface area contributed by atoms with E-state index >= 15 is 0 Å². The number of rotatable bonds is 4. The maximum atomic E-state index is 12.1. The van der Waals surface area contributed by atoms with Gasteiger partial charge in [-0.25, -0.2) is 15.0 Å². The maximum Gasteiger partial charge on any atom is 0.252 e.